The van der Waals surface area contributed by atoms with Gasteiger partial charge in [-0.25, -0.2) is 0 Å². The van der Waals surface area contributed by atoms with Crippen LogP contribution in [0.4, 0.5) is 11.4 Å². The van der Waals surface area contributed by atoms with E-state index in [1.807, 2.05) is 56.3 Å². The minimum atomic E-state index is -0.322. The molecule has 0 aliphatic rings. The fourth-order valence-corrected chi connectivity index (χ4v) is 2.22. The molecule has 0 radical (unpaired) electrons. The Morgan fingerprint density at radius 1 is 0.955 bits per heavy atom. The molecule has 4 heteroatoms. The number of hydrogen-bond donors (Lipinski definition) is 2. The fourth-order valence-electron chi connectivity index (χ4n) is 2.22. The van der Waals surface area contributed by atoms with Crippen LogP contribution < -0.4 is 10.6 Å². The normalized spacial score (nSPS) is 10.1. The third-order valence-corrected chi connectivity index (χ3v) is 3.30. The summed E-state index contributed by atoms with van der Waals surface area (Å²) in [5.41, 5.74) is 3.57. The topological polar surface area (TPSA) is 58.2 Å². The molecule has 2 aromatic rings. The van der Waals surface area contributed by atoms with Crippen molar-refractivity contribution in [2.45, 2.75) is 26.7 Å². The standard InChI is InChI=1S/C18H20N2O2/c1-3-14-8-4-5-10-16(14)20-18(22)12-17(21)19-15-9-6-7-13(2)11-15/h4-11H,3,12H2,1-2H3,(H,19,21)(H,20,22). The van der Waals surface area contributed by atoms with Gasteiger partial charge in [0, 0.05) is 11.4 Å². The Bertz CT molecular complexity index is 680. The minimum Gasteiger partial charge on any atom is -0.326 e. The number of rotatable bonds is 5. The monoisotopic (exact) mass is 296 g/mol. The Hall–Kier alpha value is -2.62. The molecular weight excluding hydrogens is 276 g/mol. The van der Waals surface area contributed by atoms with Crippen molar-refractivity contribution in [3.05, 3.63) is 59.7 Å². The van der Waals surface area contributed by atoms with Crippen LogP contribution in [0.3, 0.4) is 0 Å². The average molecular weight is 296 g/mol. The fraction of sp³-hybridized carbons (Fsp3) is 0.222. The third-order valence-electron chi connectivity index (χ3n) is 3.30. The smallest absolute Gasteiger partial charge is 0.233 e. The highest BCUT2D eigenvalue weighted by Gasteiger charge is 2.11. The maximum atomic E-state index is 12.0. The van der Waals surface area contributed by atoms with Gasteiger partial charge in [0.15, 0.2) is 0 Å². The maximum Gasteiger partial charge on any atom is 0.233 e. The molecule has 0 heterocycles. The zero-order valence-electron chi connectivity index (χ0n) is 12.8. The van der Waals surface area contributed by atoms with Crippen LogP contribution in [0.25, 0.3) is 0 Å². The molecule has 0 aliphatic carbocycles. The summed E-state index contributed by atoms with van der Waals surface area (Å²) in [6.07, 6.45) is 0.623. The molecule has 0 unspecified atom stereocenters. The van der Waals surface area contributed by atoms with Crippen LogP contribution in [-0.4, -0.2) is 11.8 Å². The number of aryl methyl sites for hydroxylation is 2. The van der Waals surface area contributed by atoms with Crippen molar-refractivity contribution in [2.75, 3.05) is 10.6 Å². The van der Waals surface area contributed by atoms with Crippen LogP contribution in [0.1, 0.15) is 24.5 Å². The van der Waals surface area contributed by atoms with Gasteiger partial charge in [0.1, 0.15) is 6.42 Å². The molecule has 0 saturated carbocycles. The van der Waals surface area contributed by atoms with Crippen LogP contribution in [0.2, 0.25) is 0 Å². The number of amides is 2. The Balaban J connectivity index is 1.93. The Kier molecular flexibility index (Phi) is 5.31. The van der Waals surface area contributed by atoms with E-state index in [0.29, 0.717) is 5.69 Å². The Morgan fingerprint density at radius 2 is 1.68 bits per heavy atom. The van der Waals surface area contributed by atoms with Crippen molar-refractivity contribution >= 4 is 23.2 Å². The second-order valence-corrected chi connectivity index (χ2v) is 5.15. The summed E-state index contributed by atoms with van der Waals surface area (Å²) >= 11 is 0. The molecule has 0 spiro atoms. The second-order valence-electron chi connectivity index (χ2n) is 5.15. The summed E-state index contributed by atoms with van der Waals surface area (Å²) in [6.45, 7) is 3.97. The zero-order chi connectivity index (χ0) is 15.9. The van der Waals surface area contributed by atoms with Gasteiger partial charge in [-0.2, -0.15) is 0 Å². The summed E-state index contributed by atoms with van der Waals surface area (Å²) in [5.74, 6) is -0.636. The lowest BCUT2D eigenvalue weighted by Crippen LogP contribution is -2.21. The molecule has 0 fully saturated rings. The van der Waals surface area contributed by atoms with E-state index in [0.717, 1.165) is 23.2 Å². The first-order valence-electron chi connectivity index (χ1n) is 7.32. The van der Waals surface area contributed by atoms with Gasteiger partial charge in [-0.1, -0.05) is 37.3 Å². The van der Waals surface area contributed by atoms with Gasteiger partial charge in [-0.05, 0) is 42.7 Å². The first-order valence-corrected chi connectivity index (χ1v) is 7.32. The molecule has 0 bridgehead atoms. The van der Waals surface area contributed by atoms with Crippen LogP contribution in [-0.2, 0) is 16.0 Å². The van der Waals surface area contributed by atoms with Crippen molar-refractivity contribution < 1.29 is 9.59 Å². The van der Waals surface area contributed by atoms with Gasteiger partial charge in [-0.15, -0.1) is 0 Å². The van der Waals surface area contributed by atoms with E-state index in [4.69, 9.17) is 0 Å². The van der Waals surface area contributed by atoms with Gasteiger partial charge in [-0.3, -0.25) is 9.59 Å². The lowest BCUT2D eigenvalue weighted by atomic mass is 10.1. The largest absolute Gasteiger partial charge is 0.326 e. The van der Waals surface area contributed by atoms with Crippen molar-refractivity contribution in [3.63, 3.8) is 0 Å². The number of hydrogen-bond acceptors (Lipinski definition) is 2. The zero-order valence-corrected chi connectivity index (χ0v) is 12.8. The van der Waals surface area contributed by atoms with E-state index in [1.165, 1.54) is 0 Å². The number of carbonyl (C=O) groups excluding carboxylic acids is 2. The van der Waals surface area contributed by atoms with Crippen molar-refractivity contribution in [1.29, 1.82) is 0 Å². The van der Waals surface area contributed by atoms with E-state index < -0.39 is 0 Å². The highest BCUT2D eigenvalue weighted by atomic mass is 16.2. The lowest BCUT2D eigenvalue weighted by Gasteiger charge is -2.10. The van der Waals surface area contributed by atoms with E-state index >= 15 is 0 Å². The van der Waals surface area contributed by atoms with E-state index in [9.17, 15) is 9.59 Å². The average Bonchev–Trinajstić information content (AvgIpc) is 2.47. The minimum absolute atomic E-state index is 0.202. The quantitative estimate of drug-likeness (QED) is 0.829. The number of anilines is 2. The lowest BCUT2D eigenvalue weighted by molar-refractivity contribution is -0.123. The van der Waals surface area contributed by atoms with Gasteiger partial charge in [0.25, 0.3) is 0 Å². The predicted octanol–water partition coefficient (Wildman–Crippen LogP) is 3.52. The summed E-state index contributed by atoms with van der Waals surface area (Å²) in [5, 5.41) is 5.52. The number of nitrogens with one attached hydrogen (secondary N) is 2. The molecule has 0 aromatic heterocycles. The number of benzene rings is 2. The van der Waals surface area contributed by atoms with E-state index in [-0.39, 0.29) is 18.2 Å². The number of para-hydroxylation sites is 1. The molecular formula is C18H20N2O2. The van der Waals surface area contributed by atoms with Crippen molar-refractivity contribution in [2.24, 2.45) is 0 Å². The van der Waals surface area contributed by atoms with Crippen LogP contribution in [0, 0.1) is 6.92 Å². The SMILES string of the molecule is CCc1ccccc1NC(=O)CC(=O)Nc1cccc(C)c1. The summed E-state index contributed by atoms with van der Waals surface area (Å²) in [6, 6.07) is 15.1. The highest BCUT2D eigenvalue weighted by Crippen LogP contribution is 2.16. The Morgan fingerprint density at radius 3 is 2.41 bits per heavy atom. The van der Waals surface area contributed by atoms with Gasteiger partial charge in [0.05, 0.1) is 0 Å². The third kappa shape index (κ3) is 4.45. The summed E-state index contributed by atoms with van der Waals surface area (Å²) in [4.78, 5) is 23.9. The first kappa shape index (κ1) is 15.8. The van der Waals surface area contributed by atoms with Gasteiger partial charge in [0.2, 0.25) is 11.8 Å². The molecule has 0 aliphatic heterocycles. The van der Waals surface area contributed by atoms with Crippen molar-refractivity contribution in [3.8, 4) is 0 Å². The van der Waals surface area contributed by atoms with E-state index in [2.05, 4.69) is 10.6 Å². The summed E-state index contributed by atoms with van der Waals surface area (Å²) < 4.78 is 0. The number of carbonyl (C=O) groups is 2. The van der Waals surface area contributed by atoms with Crippen LogP contribution in [0.15, 0.2) is 48.5 Å². The molecule has 0 atom stereocenters. The molecule has 2 rings (SSSR count). The van der Waals surface area contributed by atoms with Gasteiger partial charge >= 0.3 is 0 Å². The molecule has 22 heavy (non-hydrogen) atoms. The molecule has 0 saturated heterocycles. The van der Waals surface area contributed by atoms with E-state index in [1.54, 1.807) is 6.07 Å². The van der Waals surface area contributed by atoms with Crippen molar-refractivity contribution in [1.82, 2.24) is 0 Å². The predicted molar refractivity (Wildman–Crippen MR) is 88.9 cm³/mol. The first-order chi connectivity index (χ1) is 10.6. The Labute approximate surface area is 130 Å². The molecule has 2 N–H and O–H groups in total. The second kappa shape index (κ2) is 7.41. The van der Waals surface area contributed by atoms with Crippen LogP contribution >= 0.6 is 0 Å². The molecule has 114 valence electrons. The maximum absolute atomic E-state index is 12.0. The van der Waals surface area contributed by atoms with Gasteiger partial charge < -0.3 is 10.6 Å². The summed E-state index contributed by atoms with van der Waals surface area (Å²) in [7, 11) is 0. The molecule has 2 aromatic carbocycles. The molecule has 4 nitrogen and oxygen atoms in total. The highest BCUT2D eigenvalue weighted by molar-refractivity contribution is 6.08. The van der Waals surface area contributed by atoms with Crippen LogP contribution in [0.5, 0.6) is 0 Å². The molecule has 2 amide bonds.